The quantitative estimate of drug-likeness (QED) is 0.838. The van der Waals surface area contributed by atoms with Gasteiger partial charge >= 0.3 is 0 Å². The van der Waals surface area contributed by atoms with Crippen LogP contribution in [0.1, 0.15) is 57.8 Å². The van der Waals surface area contributed by atoms with Crippen molar-refractivity contribution < 1.29 is 0 Å². The molecule has 3 fully saturated rings. The second kappa shape index (κ2) is 7.08. The van der Waals surface area contributed by atoms with E-state index in [1.807, 2.05) is 0 Å². The predicted molar refractivity (Wildman–Crippen MR) is 81.3 cm³/mol. The van der Waals surface area contributed by atoms with Crippen LogP contribution in [0.25, 0.3) is 0 Å². The molecular formula is C17H32N2. The van der Waals surface area contributed by atoms with E-state index in [1.54, 1.807) is 0 Å². The van der Waals surface area contributed by atoms with Gasteiger partial charge in [0, 0.05) is 6.54 Å². The SMILES string of the molecule is C1CCC2CN(CCCC3CCNCC3)CCC2C1. The van der Waals surface area contributed by atoms with E-state index in [9.17, 15) is 0 Å². The minimum Gasteiger partial charge on any atom is -0.317 e. The van der Waals surface area contributed by atoms with E-state index in [1.165, 1.54) is 90.5 Å². The number of hydrogen-bond donors (Lipinski definition) is 1. The fourth-order valence-corrected chi connectivity index (χ4v) is 4.65. The lowest BCUT2D eigenvalue weighted by Crippen LogP contribution is -2.42. The van der Waals surface area contributed by atoms with Gasteiger partial charge in [0.15, 0.2) is 0 Å². The van der Waals surface area contributed by atoms with Crippen LogP contribution in [-0.2, 0) is 0 Å². The second-order valence-corrected chi connectivity index (χ2v) is 7.23. The van der Waals surface area contributed by atoms with Crippen molar-refractivity contribution in [3.63, 3.8) is 0 Å². The molecule has 0 aromatic heterocycles. The molecule has 0 aromatic carbocycles. The fourth-order valence-electron chi connectivity index (χ4n) is 4.65. The van der Waals surface area contributed by atoms with Gasteiger partial charge in [0.1, 0.15) is 0 Å². The Balaban J connectivity index is 1.34. The van der Waals surface area contributed by atoms with Crippen LogP contribution >= 0.6 is 0 Å². The Bertz CT molecular complexity index is 260. The summed E-state index contributed by atoms with van der Waals surface area (Å²) in [7, 11) is 0. The number of nitrogens with zero attached hydrogens (tertiary/aromatic N) is 1. The van der Waals surface area contributed by atoms with Gasteiger partial charge in [0.2, 0.25) is 0 Å². The lowest BCUT2D eigenvalue weighted by atomic mass is 9.75. The molecule has 110 valence electrons. The van der Waals surface area contributed by atoms with Crippen LogP contribution in [0.15, 0.2) is 0 Å². The highest BCUT2D eigenvalue weighted by atomic mass is 15.1. The lowest BCUT2D eigenvalue weighted by molar-refractivity contribution is 0.0844. The first-order valence-corrected chi connectivity index (χ1v) is 8.85. The van der Waals surface area contributed by atoms with Gasteiger partial charge in [-0.15, -0.1) is 0 Å². The molecule has 2 aliphatic heterocycles. The monoisotopic (exact) mass is 264 g/mol. The molecular weight excluding hydrogens is 232 g/mol. The molecule has 2 heterocycles. The summed E-state index contributed by atoms with van der Waals surface area (Å²) in [5, 5.41) is 3.48. The molecule has 0 bridgehead atoms. The van der Waals surface area contributed by atoms with Crippen LogP contribution in [0.5, 0.6) is 0 Å². The Labute approximate surface area is 119 Å². The van der Waals surface area contributed by atoms with Gasteiger partial charge in [0.05, 0.1) is 0 Å². The van der Waals surface area contributed by atoms with Gasteiger partial charge < -0.3 is 10.2 Å². The van der Waals surface area contributed by atoms with Crippen molar-refractivity contribution in [2.24, 2.45) is 17.8 Å². The van der Waals surface area contributed by atoms with Crippen molar-refractivity contribution >= 4 is 0 Å². The van der Waals surface area contributed by atoms with Crippen molar-refractivity contribution in [3.8, 4) is 0 Å². The Morgan fingerprint density at radius 3 is 2.53 bits per heavy atom. The molecule has 2 atom stereocenters. The molecule has 1 N–H and O–H groups in total. The maximum absolute atomic E-state index is 3.48. The first kappa shape index (κ1) is 13.9. The highest BCUT2D eigenvalue weighted by Gasteiger charge is 2.30. The largest absolute Gasteiger partial charge is 0.317 e. The third-order valence-electron chi connectivity index (χ3n) is 5.92. The molecule has 0 aromatic rings. The van der Waals surface area contributed by atoms with E-state index in [0.717, 1.165) is 17.8 Å². The molecule has 2 nitrogen and oxygen atoms in total. The van der Waals surface area contributed by atoms with E-state index in [0.29, 0.717) is 0 Å². The molecule has 2 unspecified atom stereocenters. The summed E-state index contributed by atoms with van der Waals surface area (Å²) in [6.07, 6.45) is 13.3. The molecule has 0 radical (unpaired) electrons. The van der Waals surface area contributed by atoms with Crippen LogP contribution in [0.4, 0.5) is 0 Å². The smallest absolute Gasteiger partial charge is 0.00123 e. The highest BCUT2D eigenvalue weighted by molar-refractivity contribution is 4.83. The minimum atomic E-state index is 1.02. The molecule has 1 saturated carbocycles. The molecule has 3 rings (SSSR count). The normalized spacial score (nSPS) is 34.1. The van der Waals surface area contributed by atoms with Crippen molar-refractivity contribution in [1.29, 1.82) is 0 Å². The number of nitrogens with one attached hydrogen (secondary N) is 1. The van der Waals surface area contributed by atoms with Gasteiger partial charge in [-0.05, 0) is 82.5 Å². The van der Waals surface area contributed by atoms with Crippen molar-refractivity contribution in [2.75, 3.05) is 32.7 Å². The summed E-state index contributed by atoms with van der Waals surface area (Å²) in [5.74, 6) is 3.17. The van der Waals surface area contributed by atoms with Crippen LogP contribution in [0, 0.1) is 17.8 Å². The molecule has 0 spiro atoms. The van der Waals surface area contributed by atoms with Crippen molar-refractivity contribution in [3.05, 3.63) is 0 Å². The zero-order valence-electron chi connectivity index (χ0n) is 12.6. The highest BCUT2D eigenvalue weighted by Crippen LogP contribution is 2.36. The Hall–Kier alpha value is -0.0800. The summed E-state index contributed by atoms with van der Waals surface area (Å²) >= 11 is 0. The van der Waals surface area contributed by atoms with Crippen LogP contribution in [0.2, 0.25) is 0 Å². The van der Waals surface area contributed by atoms with Gasteiger partial charge in [-0.3, -0.25) is 0 Å². The minimum absolute atomic E-state index is 1.02. The van der Waals surface area contributed by atoms with Gasteiger partial charge in [-0.2, -0.15) is 0 Å². The van der Waals surface area contributed by atoms with E-state index in [4.69, 9.17) is 0 Å². The Kier molecular flexibility index (Phi) is 5.17. The van der Waals surface area contributed by atoms with Crippen LogP contribution < -0.4 is 5.32 Å². The van der Waals surface area contributed by atoms with E-state index in [-0.39, 0.29) is 0 Å². The van der Waals surface area contributed by atoms with Crippen LogP contribution in [-0.4, -0.2) is 37.6 Å². The average molecular weight is 264 g/mol. The summed E-state index contributed by atoms with van der Waals surface area (Å²) in [4.78, 5) is 2.79. The number of piperidine rings is 2. The summed E-state index contributed by atoms with van der Waals surface area (Å²) in [6.45, 7) is 6.73. The number of likely N-dealkylation sites (tertiary alicyclic amines) is 1. The zero-order valence-corrected chi connectivity index (χ0v) is 12.6. The predicted octanol–water partition coefficient (Wildman–Crippen LogP) is 3.28. The summed E-state index contributed by atoms with van der Waals surface area (Å²) in [5.41, 5.74) is 0. The lowest BCUT2D eigenvalue weighted by Gasteiger charge is -2.41. The van der Waals surface area contributed by atoms with Gasteiger partial charge in [-0.25, -0.2) is 0 Å². The Morgan fingerprint density at radius 2 is 1.68 bits per heavy atom. The third kappa shape index (κ3) is 3.95. The van der Waals surface area contributed by atoms with Crippen molar-refractivity contribution in [2.45, 2.75) is 57.8 Å². The second-order valence-electron chi connectivity index (χ2n) is 7.23. The number of hydrogen-bond acceptors (Lipinski definition) is 2. The molecule has 0 amide bonds. The maximum Gasteiger partial charge on any atom is 0.00123 e. The topological polar surface area (TPSA) is 15.3 Å². The fraction of sp³-hybridized carbons (Fsp3) is 1.00. The van der Waals surface area contributed by atoms with E-state index < -0.39 is 0 Å². The molecule has 2 saturated heterocycles. The van der Waals surface area contributed by atoms with E-state index >= 15 is 0 Å². The number of fused-ring (bicyclic) bond motifs is 1. The van der Waals surface area contributed by atoms with Crippen molar-refractivity contribution in [1.82, 2.24) is 10.2 Å². The Morgan fingerprint density at radius 1 is 0.895 bits per heavy atom. The first-order chi connectivity index (χ1) is 9.42. The summed E-state index contributed by atoms with van der Waals surface area (Å²) in [6, 6.07) is 0. The number of rotatable bonds is 4. The average Bonchev–Trinajstić information content (AvgIpc) is 2.48. The molecule has 19 heavy (non-hydrogen) atoms. The van der Waals surface area contributed by atoms with E-state index in [2.05, 4.69) is 10.2 Å². The van der Waals surface area contributed by atoms with Gasteiger partial charge in [0.25, 0.3) is 0 Å². The first-order valence-electron chi connectivity index (χ1n) is 8.85. The van der Waals surface area contributed by atoms with Crippen LogP contribution in [0.3, 0.4) is 0 Å². The van der Waals surface area contributed by atoms with Gasteiger partial charge in [-0.1, -0.05) is 19.3 Å². The molecule has 1 aliphatic carbocycles. The maximum atomic E-state index is 3.48. The third-order valence-corrected chi connectivity index (χ3v) is 5.92. The standard InChI is InChI=1S/C17H32N2/c1-2-6-17-14-19(13-9-16(17)5-1)12-3-4-15-7-10-18-11-8-15/h15-18H,1-14H2. The molecule has 3 aliphatic rings. The molecule has 2 heteroatoms. The zero-order chi connectivity index (χ0) is 12.9. The summed E-state index contributed by atoms with van der Waals surface area (Å²) < 4.78 is 0.